The molecule has 2 aromatic carbocycles. The molecule has 0 unspecified atom stereocenters. The standard InChI is InChI=1S/C22H22N2O3/c1-3-16-6-8-17(9-7-16)15-24-14-4-5-20(22(24)26)21(25)23-18-10-12-19(27-2)13-11-18/h4-14H,3,15H2,1-2H3,(H,23,25). The van der Waals surface area contributed by atoms with Crippen molar-refractivity contribution in [3.8, 4) is 5.75 Å². The molecule has 0 saturated carbocycles. The van der Waals surface area contributed by atoms with Crippen LogP contribution in [0.25, 0.3) is 0 Å². The number of hydrogen-bond donors (Lipinski definition) is 1. The highest BCUT2D eigenvalue weighted by Gasteiger charge is 2.12. The summed E-state index contributed by atoms with van der Waals surface area (Å²) in [7, 11) is 1.58. The summed E-state index contributed by atoms with van der Waals surface area (Å²) in [5.74, 6) is 0.269. The molecule has 0 radical (unpaired) electrons. The van der Waals surface area contributed by atoms with Gasteiger partial charge in [0.2, 0.25) is 0 Å². The van der Waals surface area contributed by atoms with Crippen LogP contribution < -0.4 is 15.6 Å². The molecule has 0 saturated heterocycles. The van der Waals surface area contributed by atoms with Crippen LogP contribution in [0.1, 0.15) is 28.4 Å². The van der Waals surface area contributed by atoms with Gasteiger partial charge in [-0.15, -0.1) is 0 Å². The zero-order valence-electron chi connectivity index (χ0n) is 15.4. The number of carbonyl (C=O) groups excluding carboxylic acids is 1. The number of carbonyl (C=O) groups is 1. The average molecular weight is 362 g/mol. The van der Waals surface area contributed by atoms with E-state index in [2.05, 4.69) is 24.4 Å². The number of anilines is 1. The minimum atomic E-state index is -0.430. The Kier molecular flexibility index (Phi) is 5.71. The molecular weight excluding hydrogens is 340 g/mol. The summed E-state index contributed by atoms with van der Waals surface area (Å²) in [6, 6.07) is 18.3. The van der Waals surface area contributed by atoms with E-state index in [9.17, 15) is 9.59 Å². The van der Waals surface area contributed by atoms with E-state index in [4.69, 9.17) is 4.74 Å². The monoisotopic (exact) mass is 362 g/mol. The van der Waals surface area contributed by atoms with Crippen molar-refractivity contribution < 1.29 is 9.53 Å². The van der Waals surface area contributed by atoms with Gasteiger partial charge in [-0.25, -0.2) is 0 Å². The summed E-state index contributed by atoms with van der Waals surface area (Å²) in [6.45, 7) is 2.52. The minimum Gasteiger partial charge on any atom is -0.497 e. The van der Waals surface area contributed by atoms with Crippen molar-refractivity contribution >= 4 is 11.6 Å². The number of amides is 1. The second kappa shape index (κ2) is 8.36. The van der Waals surface area contributed by atoms with Crippen molar-refractivity contribution in [3.63, 3.8) is 0 Å². The Labute approximate surface area is 158 Å². The number of methoxy groups -OCH3 is 1. The Bertz CT molecular complexity index is 974. The SMILES string of the molecule is CCc1ccc(Cn2cccc(C(=O)Nc3ccc(OC)cc3)c2=O)cc1. The number of pyridine rings is 1. The maximum atomic E-state index is 12.7. The summed E-state index contributed by atoms with van der Waals surface area (Å²) < 4.78 is 6.64. The van der Waals surface area contributed by atoms with Gasteiger partial charge in [-0.05, 0) is 53.9 Å². The quantitative estimate of drug-likeness (QED) is 0.727. The fourth-order valence-corrected chi connectivity index (χ4v) is 2.78. The summed E-state index contributed by atoms with van der Waals surface area (Å²) in [5.41, 5.74) is 2.66. The molecule has 0 atom stereocenters. The maximum absolute atomic E-state index is 12.7. The van der Waals surface area contributed by atoms with E-state index in [1.807, 2.05) is 12.1 Å². The van der Waals surface area contributed by atoms with Crippen molar-refractivity contribution in [2.45, 2.75) is 19.9 Å². The third kappa shape index (κ3) is 4.44. The molecule has 1 heterocycles. The van der Waals surface area contributed by atoms with E-state index in [0.29, 0.717) is 18.0 Å². The third-order valence-electron chi connectivity index (χ3n) is 4.40. The van der Waals surface area contributed by atoms with Crippen LogP contribution in [-0.4, -0.2) is 17.6 Å². The molecule has 3 rings (SSSR count). The van der Waals surface area contributed by atoms with Gasteiger partial charge in [-0.1, -0.05) is 31.2 Å². The van der Waals surface area contributed by atoms with Gasteiger partial charge in [-0.2, -0.15) is 0 Å². The van der Waals surface area contributed by atoms with Crippen molar-refractivity contribution in [2.24, 2.45) is 0 Å². The smallest absolute Gasteiger partial charge is 0.263 e. The largest absolute Gasteiger partial charge is 0.497 e. The van der Waals surface area contributed by atoms with Gasteiger partial charge in [-0.3, -0.25) is 9.59 Å². The highest BCUT2D eigenvalue weighted by molar-refractivity contribution is 6.04. The van der Waals surface area contributed by atoms with Crippen LogP contribution >= 0.6 is 0 Å². The van der Waals surface area contributed by atoms with E-state index in [0.717, 1.165) is 12.0 Å². The lowest BCUT2D eigenvalue weighted by Gasteiger charge is -2.10. The van der Waals surface area contributed by atoms with E-state index < -0.39 is 5.91 Å². The van der Waals surface area contributed by atoms with Crippen LogP contribution in [0.5, 0.6) is 5.75 Å². The van der Waals surface area contributed by atoms with Crippen molar-refractivity contribution in [1.29, 1.82) is 0 Å². The lowest BCUT2D eigenvalue weighted by atomic mass is 10.1. The number of nitrogens with one attached hydrogen (secondary N) is 1. The summed E-state index contributed by atoms with van der Waals surface area (Å²) in [6.07, 6.45) is 2.67. The van der Waals surface area contributed by atoms with E-state index in [1.165, 1.54) is 11.6 Å². The lowest BCUT2D eigenvalue weighted by molar-refractivity contribution is 0.102. The van der Waals surface area contributed by atoms with Crippen molar-refractivity contribution in [2.75, 3.05) is 12.4 Å². The molecular formula is C22H22N2O3. The van der Waals surface area contributed by atoms with Gasteiger partial charge in [0, 0.05) is 11.9 Å². The Hall–Kier alpha value is -3.34. The number of aromatic nitrogens is 1. The molecule has 5 heteroatoms. The van der Waals surface area contributed by atoms with Gasteiger partial charge < -0.3 is 14.6 Å². The Balaban J connectivity index is 1.78. The molecule has 0 aliphatic rings. The highest BCUT2D eigenvalue weighted by atomic mass is 16.5. The van der Waals surface area contributed by atoms with Crippen LogP contribution in [0.3, 0.4) is 0 Å². The van der Waals surface area contributed by atoms with Gasteiger partial charge >= 0.3 is 0 Å². The van der Waals surface area contributed by atoms with Crippen molar-refractivity contribution in [1.82, 2.24) is 4.57 Å². The number of aryl methyl sites for hydroxylation is 1. The van der Waals surface area contributed by atoms with Gasteiger partial charge in [0.1, 0.15) is 11.3 Å². The number of nitrogens with zero attached hydrogens (tertiary/aromatic N) is 1. The fraction of sp³-hybridized carbons (Fsp3) is 0.182. The highest BCUT2D eigenvalue weighted by Crippen LogP contribution is 2.15. The van der Waals surface area contributed by atoms with Crippen LogP contribution in [-0.2, 0) is 13.0 Å². The molecule has 0 aliphatic heterocycles. The third-order valence-corrected chi connectivity index (χ3v) is 4.40. The van der Waals surface area contributed by atoms with Crippen LogP contribution in [0.2, 0.25) is 0 Å². The molecule has 138 valence electrons. The van der Waals surface area contributed by atoms with Gasteiger partial charge in [0.25, 0.3) is 11.5 Å². The number of benzene rings is 2. The lowest BCUT2D eigenvalue weighted by Crippen LogP contribution is -2.29. The van der Waals surface area contributed by atoms with Crippen LogP contribution in [0.4, 0.5) is 5.69 Å². The van der Waals surface area contributed by atoms with E-state index in [1.54, 1.807) is 48.2 Å². The predicted molar refractivity (Wildman–Crippen MR) is 107 cm³/mol. The first-order valence-corrected chi connectivity index (χ1v) is 8.83. The molecule has 3 aromatic rings. The van der Waals surface area contributed by atoms with Gasteiger partial charge in [0.05, 0.1) is 13.7 Å². The molecule has 1 amide bonds. The average Bonchev–Trinajstić information content (AvgIpc) is 2.70. The maximum Gasteiger partial charge on any atom is 0.263 e. The number of hydrogen-bond acceptors (Lipinski definition) is 3. The predicted octanol–water partition coefficient (Wildman–Crippen LogP) is 3.72. The molecule has 27 heavy (non-hydrogen) atoms. The summed E-state index contributed by atoms with van der Waals surface area (Å²) in [4.78, 5) is 25.2. The molecule has 5 nitrogen and oxygen atoms in total. The molecule has 0 fully saturated rings. The number of rotatable bonds is 6. The molecule has 0 spiro atoms. The van der Waals surface area contributed by atoms with Gasteiger partial charge in [0.15, 0.2) is 0 Å². The first-order valence-electron chi connectivity index (χ1n) is 8.83. The number of ether oxygens (including phenoxy) is 1. The zero-order chi connectivity index (χ0) is 19.2. The normalized spacial score (nSPS) is 10.4. The Morgan fingerprint density at radius 2 is 1.67 bits per heavy atom. The van der Waals surface area contributed by atoms with E-state index >= 15 is 0 Å². The minimum absolute atomic E-state index is 0.110. The topological polar surface area (TPSA) is 60.3 Å². The second-order valence-electron chi connectivity index (χ2n) is 6.21. The second-order valence-corrected chi connectivity index (χ2v) is 6.21. The molecule has 0 aliphatic carbocycles. The first-order chi connectivity index (χ1) is 13.1. The Morgan fingerprint density at radius 3 is 2.30 bits per heavy atom. The van der Waals surface area contributed by atoms with Crippen molar-refractivity contribution in [3.05, 3.63) is 93.9 Å². The van der Waals surface area contributed by atoms with E-state index in [-0.39, 0.29) is 11.1 Å². The van der Waals surface area contributed by atoms with Crippen LogP contribution in [0, 0.1) is 0 Å². The zero-order valence-corrected chi connectivity index (χ0v) is 15.4. The first kappa shape index (κ1) is 18.5. The summed E-state index contributed by atoms with van der Waals surface area (Å²) in [5, 5.41) is 2.75. The Morgan fingerprint density at radius 1 is 1.00 bits per heavy atom. The summed E-state index contributed by atoms with van der Waals surface area (Å²) >= 11 is 0. The molecule has 1 N–H and O–H groups in total. The molecule has 0 bridgehead atoms. The molecule has 1 aromatic heterocycles. The van der Waals surface area contributed by atoms with Crippen LogP contribution in [0.15, 0.2) is 71.7 Å². The fourth-order valence-electron chi connectivity index (χ4n) is 2.78.